The third-order valence-corrected chi connectivity index (χ3v) is 6.24. The second-order valence-electron chi connectivity index (χ2n) is 8.69. The molecule has 0 atom stereocenters. The number of alkyl halides is 3. The van der Waals surface area contributed by atoms with Gasteiger partial charge in [0.1, 0.15) is 11.6 Å². The quantitative estimate of drug-likeness (QED) is 0.182. The zero-order valence-corrected chi connectivity index (χ0v) is 22.3. The van der Waals surface area contributed by atoms with Gasteiger partial charge >= 0.3 is 6.18 Å². The molecule has 0 bridgehead atoms. The minimum absolute atomic E-state index is 0.123. The number of ether oxygens (including phenoxy) is 2. The highest BCUT2D eigenvalue weighted by Gasteiger charge is 2.31. The van der Waals surface area contributed by atoms with Gasteiger partial charge in [0, 0.05) is 5.56 Å². The summed E-state index contributed by atoms with van der Waals surface area (Å²) >= 11 is 5.93. The Morgan fingerprint density at radius 2 is 1.69 bits per heavy atom. The van der Waals surface area contributed by atoms with Gasteiger partial charge in [-0.2, -0.15) is 18.4 Å². The molecule has 0 heterocycles. The second kappa shape index (κ2) is 12.0. The van der Waals surface area contributed by atoms with Crippen molar-refractivity contribution in [2.24, 2.45) is 0 Å². The van der Waals surface area contributed by atoms with Gasteiger partial charge < -0.3 is 14.8 Å². The van der Waals surface area contributed by atoms with Crippen LogP contribution in [-0.2, 0) is 11.0 Å². The van der Waals surface area contributed by atoms with Gasteiger partial charge in [-0.05, 0) is 85.5 Å². The molecule has 0 fully saturated rings. The monoisotopic (exact) mass is 556 g/mol. The van der Waals surface area contributed by atoms with Crippen LogP contribution in [0, 0.1) is 32.1 Å². The predicted octanol–water partition coefficient (Wildman–Crippen LogP) is 7.10. The Balaban J connectivity index is 1.78. The number of halogens is 4. The molecule has 0 aliphatic rings. The molecule has 1 amide bonds. The van der Waals surface area contributed by atoms with Gasteiger partial charge in [0.15, 0.2) is 23.9 Å². The minimum atomic E-state index is -4.64. The van der Waals surface area contributed by atoms with Crippen molar-refractivity contribution in [3.63, 3.8) is 0 Å². The van der Waals surface area contributed by atoms with Crippen LogP contribution in [0.2, 0.25) is 5.02 Å². The van der Waals surface area contributed by atoms with Gasteiger partial charge in [0.2, 0.25) is 0 Å². The standard InChI is InChI=1S/C29H24ClF3N2O4/c1-16-9-18(3)22(10-17(16)2)25(36)15-39-26-8-5-19(12-27(26)38-4)11-20(14-34)28(37)35-24-13-21(29(31,32)33)6-7-23(24)30/h5-13H,15H2,1-4H3,(H,35,37)/b20-11+. The summed E-state index contributed by atoms with van der Waals surface area (Å²) in [6.45, 7) is 5.51. The van der Waals surface area contributed by atoms with Crippen LogP contribution in [0.4, 0.5) is 18.9 Å². The van der Waals surface area contributed by atoms with E-state index in [1.807, 2.05) is 32.9 Å². The van der Waals surface area contributed by atoms with E-state index < -0.39 is 17.6 Å². The number of carbonyl (C=O) groups is 2. The number of Topliss-reactive ketones (excluding diaryl/α,β-unsaturated/α-hetero) is 1. The number of hydrogen-bond acceptors (Lipinski definition) is 5. The molecule has 202 valence electrons. The molecule has 3 rings (SSSR count). The van der Waals surface area contributed by atoms with Gasteiger partial charge in [-0.25, -0.2) is 0 Å². The van der Waals surface area contributed by atoms with Crippen molar-refractivity contribution in [3.05, 3.63) is 92.5 Å². The largest absolute Gasteiger partial charge is 0.493 e. The Bertz CT molecular complexity index is 1510. The molecule has 0 spiro atoms. The maximum atomic E-state index is 13.0. The molecule has 0 aliphatic heterocycles. The number of carbonyl (C=O) groups excluding carboxylic acids is 2. The highest BCUT2D eigenvalue weighted by atomic mass is 35.5. The maximum Gasteiger partial charge on any atom is 0.416 e. The molecule has 0 unspecified atom stereocenters. The van der Waals surface area contributed by atoms with E-state index in [0.717, 1.165) is 28.8 Å². The van der Waals surface area contributed by atoms with Crippen molar-refractivity contribution < 1.29 is 32.2 Å². The summed E-state index contributed by atoms with van der Waals surface area (Å²) in [4.78, 5) is 25.4. The number of ketones is 1. The molecular weight excluding hydrogens is 533 g/mol. The molecule has 39 heavy (non-hydrogen) atoms. The fourth-order valence-electron chi connectivity index (χ4n) is 3.68. The van der Waals surface area contributed by atoms with E-state index in [1.54, 1.807) is 6.07 Å². The van der Waals surface area contributed by atoms with E-state index in [-0.39, 0.29) is 40.2 Å². The van der Waals surface area contributed by atoms with Gasteiger partial charge in [0.25, 0.3) is 5.91 Å². The van der Waals surface area contributed by atoms with Gasteiger partial charge in [-0.3, -0.25) is 9.59 Å². The number of hydrogen-bond donors (Lipinski definition) is 1. The number of nitrogens with one attached hydrogen (secondary N) is 1. The number of benzene rings is 3. The summed E-state index contributed by atoms with van der Waals surface area (Å²) in [6, 6.07) is 12.5. The molecule has 0 saturated heterocycles. The SMILES string of the molecule is COc1cc(/C=C(\C#N)C(=O)Nc2cc(C(F)(F)F)ccc2Cl)ccc1OCC(=O)c1cc(C)c(C)cc1C. The van der Waals surface area contributed by atoms with Crippen molar-refractivity contribution >= 4 is 35.1 Å². The lowest BCUT2D eigenvalue weighted by atomic mass is 9.98. The van der Waals surface area contributed by atoms with Crippen molar-refractivity contribution in [2.75, 3.05) is 19.0 Å². The Morgan fingerprint density at radius 1 is 1.00 bits per heavy atom. The number of amides is 1. The van der Waals surface area contributed by atoms with E-state index in [4.69, 9.17) is 21.1 Å². The smallest absolute Gasteiger partial charge is 0.416 e. The molecule has 0 aliphatic carbocycles. The van der Waals surface area contributed by atoms with Crippen LogP contribution in [-0.4, -0.2) is 25.4 Å². The van der Waals surface area contributed by atoms with Gasteiger partial charge in [-0.1, -0.05) is 23.7 Å². The van der Waals surface area contributed by atoms with Crippen LogP contribution in [0.3, 0.4) is 0 Å². The second-order valence-corrected chi connectivity index (χ2v) is 9.10. The van der Waals surface area contributed by atoms with E-state index in [9.17, 15) is 28.0 Å². The van der Waals surface area contributed by atoms with Crippen LogP contribution in [0.25, 0.3) is 6.08 Å². The molecule has 3 aromatic rings. The first-order valence-electron chi connectivity index (χ1n) is 11.6. The highest BCUT2D eigenvalue weighted by molar-refractivity contribution is 6.34. The summed E-state index contributed by atoms with van der Waals surface area (Å²) in [6.07, 6.45) is -3.41. The minimum Gasteiger partial charge on any atom is -0.493 e. The molecule has 10 heteroatoms. The molecule has 1 N–H and O–H groups in total. The fourth-order valence-corrected chi connectivity index (χ4v) is 3.84. The maximum absolute atomic E-state index is 13.0. The predicted molar refractivity (Wildman–Crippen MR) is 142 cm³/mol. The number of rotatable bonds is 8. The Kier molecular flexibility index (Phi) is 9.04. The molecule has 0 radical (unpaired) electrons. The van der Waals surface area contributed by atoms with Gasteiger partial charge in [0.05, 0.1) is 23.4 Å². The number of aryl methyl sites for hydroxylation is 3. The summed E-state index contributed by atoms with van der Waals surface area (Å²) in [5.41, 5.74) is 2.16. The van der Waals surface area contributed by atoms with Gasteiger partial charge in [-0.15, -0.1) is 0 Å². The van der Waals surface area contributed by atoms with E-state index in [0.29, 0.717) is 17.2 Å². The lowest BCUT2D eigenvalue weighted by Gasteiger charge is -2.13. The van der Waals surface area contributed by atoms with Crippen molar-refractivity contribution in [1.82, 2.24) is 0 Å². The number of nitriles is 1. The van der Waals surface area contributed by atoms with Crippen molar-refractivity contribution in [1.29, 1.82) is 5.26 Å². The topological polar surface area (TPSA) is 88.4 Å². The summed E-state index contributed by atoms with van der Waals surface area (Å²) in [5.74, 6) is -0.652. The van der Waals surface area contributed by atoms with Crippen LogP contribution in [0.15, 0.2) is 54.1 Å². The molecule has 0 saturated carbocycles. The Labute approximate surface area is 228 Å². The van der Waals surface area contributed by atoms with Crippen molar-refractivity contribution in [3.8, 4) is 17.6 Å². The van der Waals surface area contributed by atoms with Crippen LogP contribution < -0.4 is 14.8 Å². The molecular formula is C29H24ClF3N2O4. The fraction of sp³-hybridized carbons (Fsp3) is 0.207. The third kappa shape index (κ3) is 7.18. The average molecular weight is 557 g/mol. The zero-order valence-electron chi connectivity index (χ0n) is 21.5. The molecule has 6 nitrogen and oxygen atoms in total. The zero-order chi connectivity index (χ0) is 28.9. The Morgan fingerprint density at radius 3 is 2.33 bits per heavy atom. The lowest BCUT2D eigenvalue weighted by Crippen LogP contribution is -2.15. The Hall–Kier alpha value is -4.29. The lowest BCUT2D eigenvalue weighted by molar-refractivity contribution is -0.137. The number of methoxy groups -OCH3 is 1. The summed E-state index contributed by atoms with van der Waals surface area (Å²) in [5, 5.41) is 11.6. The highest BCUT2D eigenvalue weighted by Crippen LogP contribution is 2.34. The van der Waals surface area contributed by atoms with Crippen LogP contribution >= 0.6 is 11.6 Å². The van der Waals surface area contributed by atoms with Crippen LogP contribution in [0.5, 0.6) is 11.5 Å². The molecule has 3 aromatic carbocycles. The van der Waals surface area contributed by atoms with Crippen LogP contribution in [0.1, 0.15) is 38.2 Å². The third-order valence-electron chi connectivity index (χ3n) is 5.91. The van der Waals surface area contributed by atoms with E-state index >= 15 is 0 Å². The average Bonchev–Trinajstić information content (AvgIpc) is 2.88. The number of anilines is 1. The molecule has 0 aromatic heterocycles. The first kappa shape index (κ1) is 29.3. The normalized spacial score (nSPS) is 11.5. The summed E-state index contributed by atoms with van der Waals surface area (Å²) in [7, 11) is 1.39. The summed E-state index contributed by atoms with van der Waals surface area (Å²) < 4.78 is 50.1. The van der Waals surface area contributed by atoms with E-state index in [1.165, 1.54) is 31.4 Å². The first-order valence-corrected chi connectivity index (χ1v) is 11.9. The number of nitrogens with zero attached hydrogens (tertiary/aromatic N) is 1. The van der Waals surface area contributed by atoms with Crippen molar-refractivity contribution in [2.45, 2.75) is 26.9 Å². The first-order chi connectivity index (χ1) is 18.3. The van der Waals surface area contributed by atoms with E-state index in [2.05, 4.69) is 5.32 Å².